The Labute approximate surface area is 390 Å². The van der Waals surface area contributed by atoms with Crippen molar-refractivity contribution in [1.29, 1.82) is 0 Å². The van der Waals surface area contributed by atoms with E-state index in [1.165, 1.54) is 41.1 Å². The van der Waals surface area contributed by atoms with Gasteiger partial charge in [0.1, 0.15) is 23.0 Å². The second-order valence-corrected chi connectivity index (χ2v) is 25.0. The Morgan fingerprint density at radius 1 is 1.05 bits per heavy atom. The van der Waals surface area contributed by atoms with E-state index in [1.54, 1.807) is 18.3 Å². The number of hydrogen-bond donors (Lipinski definition) is 4. The molecule has 2 saturated heterocycles. The van der Waals surface area contributed by atoms with Gasteiger partial charge in [0.2, 0.25) is 0 Å². The Hall–Kier alpha value is -5.16. The number of rotatable bonds is 14. The van der Waals surface area contributed by atoms with E-state index in [1.807, 2.05) is 35.3 Å². The van der Waals surface area contributed by atoms with Crippen molar-refractivity contribution >= 4 is 68.7 Å². The number of anilines is 2. The molecule has 66 heavy (non-hydrogen) atoms. The van der Waals surface area contributed by atoms with Crippen LogP contribution in [-0.4, -0.2) is 121 Å². The molecule has 2 aromatic heterocycles. The third-order valence-corrected chi connectivity index (χ3v) is 17.2. The first-order chi connectivity index (χ1) is 31.3. The number of fused-ring (bicyclic) bond motifs is 1. The van der Waals surface area contributed by atoms with E-state index < -0.39 is 50.3 Å². The fourth-order valence-electron chi connectivity index (χ4n) is 9.13. The monoisotopic (exact) mass is 962 g/mol. The number of hydrogen-bond acceptors (Lipinski definition) is 12. The number of allylic oxidation sites excluding steroid dienone is 1. The summed E-state index contributed by atoms with van der Waals surface area (Å²) in [6, 6.07) is 17.0. The van der Waals surface area contributed by atoms with Gasteiger partial charge in [0.15, 0.2) is 0 Å². The minimum atomic E-state index is -4.73. The van der Waals surface area contributed by atoms with Gasteiger partial charge in [-0.3, -0.25) is 9.69 Å². The number of pyridine rings is 1. The van der Waals surface area contributed by atoms with Crippen LogP contribution in [-0.2, 0) is 10.0 Å². The van der Waals surface area contributed by atoms with Crippen molar-refractivity contribution in [1.82, 2.24) is 24.5 Å². The zero-order valence-electron chi connectivity index (χ0n) is 37.6. The summed E-state index contributed by atoms with van der Waals surface area (Å²) in [6.07, 6.45) is 7.65. The first kappa shape index (κ1) is 47.3. The number of sulfonamides is 1. The van der Waals surface area contributed by atoms with Gasteiger partial charge >= 0.3 is 147 Å². The standard InChI is InChI=1S/C47H57ClFN8O7PS/c1-31(29-55-19-21-65(4,61)22-20-55)52-41-10-9-37(24-43(41)57(59)60)66(62,63)53-46(58)38-25-40(49)42(26-44(38)64-36-23-33-12-14-50-45(33)51-28-36)56-17-15-54(16-18-56)30-34-11-13-47(2,3)27-39(34)32-5-7-35(48)8-6-32/h5-10,12,14,23-26,28,31,52,61,65H,11,13,15-22,27,29-30H2,1-4H3,(H,50,51)(H,53,58). The fourth-order valence-corrected chi connectivity index (χ4v) is 12.1. The molecule has 5 aromatic rings. The van der Waals surface area contributed by atoms with Crippen LogP contribution >= 0.6 is 19.1 Å². The summed E-state index contributed by atoms with van der Waals surface area (Å²) in [6.45, 7) is 13.5. The minimum absolute atomic E-state index is 0.108. The van der Waals surface area contributed by atoms with Gasteiger partial charge in [0, 0.05) is 55.4 Å². The molecule has 2 aliphatic heterocycles. The van der Waals surface area contributed by atoms with Gasteiger partial charge in [-0.05, 0) is 66.1 Å². The van der Waals surface area contributed by atoms with Gasteiger partial charge in [0.25, 0.3) is 5.91 Å². The van der Waals surface area contributed by atoms with Crippen molar-refractivity contribution in [2.24, 2.45) is 5.41 Å². The Morgan fingerprint density at radius 3 is 2.48 bits per heavy atom. The summed E-state index contributed by atoms with van der Waals surface area (Å²) in [7, 11) is -6.90. The van der Waals surface area contributed by atoms with E-state index in [2.05, 4.69) is 51.1 Å². The molecular weight excluding hydrogens is 906 g/mol. The molecule has 8 rings (SSSR count). The molecule has 4 N–H and O–H groups in total. The number of piperazine rings is 1. The summed E-state index contributed by atoms with van der Waals surface area (Å²) in [5, 5.41) is 16.8. The molecule has 15 nitrogen and oxygen atoms in total. The molecule has 1 amide bonds. The Balaban J connectivity index is 1.01. The zero-order valence-corrected chi connectivity index (χ0v) is 40.1. The SMILES string of the molecule is CC(CN1CC[PH](C)(O)CC1)Nc1ccc(S(=O)(=O)NC(=O)c2cc(F)c(N3CCN(CC4=C(c5ccc(Cl)cc5)CC(C)(C)CC4)CC3)cc2Oc2cnc3[nH]ccc3c2)cc1[N+](=O)[O-]. The quantitative estimate of drug-likeness (QED) is 0.0474. The van der Waals surface area contributed by atoms with E-state index in [0.29, 0.717) is 48.8 Å². The zero-order chi connectivity index (χ0) is 47.0. The van der Waals surface area contributed by atoms with E-state index in [9.17, 15) is 28.2 Å². The normalized spacial score (nSPS) is 19.0. The molecule has 3 aromatic carbocycles. The molecule has 0 saturated carbocycles. The molecule has 352 valence electrons. The molecule has 19 heteroatoms. The Morgan fingerprint density at radius 2 is 1.77 bits per heavy atom. The number of ether oxygens (including phenoxy) is 1. The number of nitrogens with zero attached hydrogens (tertiary/aromatic N) is 5. The average Bonchev–Trinajstić information content (AvgIpc) is 3.74. The van der Waals surface area contributed by atoms with Gasteiger partial charge in [0.05, 0.1) is 17.4 Å². The van der Waals surface area contributed by atoms with E-state index in [0.717, 1.165) is 63.4 Å². The maximum absolute atomic E-state index is 16.4. The number of carbonyl (C=O) groups is 1. The summed E-state index contributed by atoms with van der Waals surface area (Å²) in [5.74, 6) is -1.83. The number of benzene rings is 3. The van der Waals surface area contributed by atoms with Gasteiger partial charge in [-0.15, -0.1) is 0 Å². The topological polar surface area (TPSA) is 186 Å². The Kier molecular flexibility index (Phi) is 13.8. The molecule has 0 spiro atoms. The first-order valence-electron chi connectivity index (χ1n) is 22.3. The third-order valence-electron chi connectivity index (χ3n) is 13.0. The summed E-state index contributed by atoms with van der Waals surface area (Å²) in [5.41, 5.74) is 4.08. The number of carbonyl (C=O) groups excluding carboxylic acids is 1. The van der Waals surface area contributed by atoms with Crippen molar-refractivity contribution in [3.05, 3.63) is 117 Å². The second kappa shape index (κ2) is 19.2. The van der Waals surface area contributed by atoms with Crippen LogP contribution in [0.3, 0.4) is 0 Å². The number of H-pyrrole nitrogens is 1. The average molecular weight is 964 g/mol. The van der Waals surface area contributed by atoms with Gasteiger partial charge < -0.3 is 14.6 Å². The summed E-state index contributed by atoms with van der Waals surface area (Å²) in [4.78, 5) is 49.3. The molecule has 1 unspecified atom stereocenters. The number of nitrogens with one attached hydrogen (secondary N) is 3. The van der Waals surface area contributed by atoms with Crippen LogP contribution in [0.25, 0.3) is 16.6 Å². The molecular formula is C47H57ClFN8O7PS. The van der Waals surface area contributed by atoms with E-state index in [-0.39, 0.29) is 34.3 Å². The van der Waals surface area contributed by atoms with Gasteiger partial charge in [-0.2, -0.15) is 0 Å². The number of amides is 1. The van der Waals surface area contributed by atoms with Crippen molar-refractivity contribution in [2.45, 2.75) is 51.0 Å². The maximum atomic E-state index is 16.4. The van der Waals surface area contributed by atoms with Crippen LogP contribution in [0.1, 0.15) is 56.0 Å². The van der Waals surface area contributed by atoms with Crippen LogP contribution in [0.15, 0.2) is 89.6 Å². The van der Waals surface area contributed by atoms with Gasteiger partial charge in [-0.1, -0.05) is 43.2 Å². The molecule has 4 heterocycles. The summed E-state index contributed by atoms with van der Waals surface area (Å²) >= 11 is 6.23. The predicted molar refractivity (Wildman–Crippen MR) is 261 cm³/mol. The molecule has 1 atom stereocenters. The van der Waals surface area contributed by atoms with E-state index >= 15 is 4.39 Å². The van der Waals surface area contributed by atoms with Crippen molar-refractivity contribution in [2.75, 3.05) is 81.6 Å². The number of nitro benzene ring substituents is 1. The number of nitro groups is 1. The first-order valence-corrected chi connectivity index (χ1v) is 27.0. The van der Waals surface area contributed by atoms with Crippen molar-refractivity contribution in [3.63, 3.8) is 0 Å². The number of aromatic nitrogens is 2. The van der Waals surface area contributed by atoms with Crippen molar-refractivity contribution < 1.29 is 32.2 Å². The van der Waals surface area contributed by atoms with Crippen LogP contribution in [0.5, 0.6) is 11.5 Å². The molecule has 1 aliphatic carbocycles. The van der Waals surface area contributed by atoms with Gasteiger partial charge in [-0.25, -0.2) is 9.37 Å². The molecule has 0 bridgehead atoms. The third kappa shape index (κ3) is 11.2. The van der Waals surface area contributed by atoms with Crippen LogP contribution in [0, 0.1) is 21.3 Å². The van der Waals surface area contributed by atoms with Crippen molar-refractivity contribution in [3.8, 4) is 11.5 Å². The van der Waals surface area contributed by atoms with E-state index in [4.69, 9.17) is 16.3 Å². The summed E-state index contributed by atoms with van der Waals surface area (Å²) < 4.78 is 52.1. The molecule has 0 radical (unpaired) electrons. The number of aromatic amines is 1. The fraction of sp³-hybridized carbons (Fsp3) is 0.404. The second-order valence-electron chi connectivity index (χ2n) is 18.9. The molecule has 2 fully saturated rings. The Bertz CT molecular complexity index is 2770. The number of halogens is 2. The predicted octanol–water partition coefficient (Wildman–Crippen LogP) is 8.36. The van der Waals surface area contributed by atoms with Crippen LogP contribution in [0.4, 0.5) is 21.5 Å². The van der Waals surface area contributed by atoms with Crippen LogP contribution < -0.4 is 19.7 Å². The molecule has 3 aliphatic rings. The van der Waals surface area contributed by atoms with Crippen LogP contribution in [0.2, 0.25) is 5.02 Å².